The summed E-state index contributed by atoms with van der Waals surface area (Å²) in [5.41, 5.74) is 1.18. The van der Waals surface area contributed by atoms with Crippen LogP contribution in [-0.4, -0.2) is 24.1 Å². The van der Waals surface area contributed by atoms with Crippen molar-refractivity contribution in [3.05, 3.63) is 34.9 Å². The number of nitrogens with one attached hydrogen (secondary N) is 1. The number of carbonyl (C=O) groups excluding carboxylic acids is 1. The lowest BCUT2D eigenvalue weighted by Crippen LogP contribution is -2.24. The zero-order chi connectivity index (χ0) is 16.8. The summed E-state index contributed by atoms with van der Waals surface area (Å²) in [6.07, 6.45) is 1.98. The standard InChI is InChI=1S/C17H18ClN3O2/c1-3-4-13(9-17(22)23-2)20-16-7-11(10-19)14-8-12(18)5-6-15(14)21-16/h5-8,13H,3-4,9H2,1-2H3,(H,20,21). The number of nitriles is 1. The molecule has 0 saturated carbocycles. The highest BCUT2D eigenvalue weighted by Crippen LogP contribution is 2.24. The summed E-state index contributed by atoms with van der Waals surface area (Å²) in [6, 6.07) is 9.00. The number of rotatable bonds is 6. The van der Waals surface area contributed by atoms with E-state index in [9.17, 15) is 10.1 Å². The average molecular weight is 332 g/mol. The summed E-state index contributed by atoms with van der Waals surface area (Å²) >= 11 is 5.98. The number of halogens is 1. The maximum atomic E-state index is 11.5. The number of methoxy groups -OCH3 is 1. The topological polar surface area (TPSA) is 75.0 Å². The molecule has 1 aromatic heterocycles. The van der Waals surface area contributed by atoms with Crippen LogP contribution in [0.25, 0.3) is 10.9 Å². The van der Waals surface area contributed by atoms with Gasteiger partial charge < -0.3 is 10.1 Å². The van der Waals surface area contributed by atoms with Crippen LogP contribution >= 0.6 is 11.6 Å². The molecule has 6 heteroatoms. The Labute approximate surface area is 140 Å². The third kappa shape index (κ3) is 4.33. The minimum absolute atomic E-state index is 0.0868. The van der Waals surface area contributed by atoms with Gasteiger partial charge in [0, 0.05) is 16.5 Å². The summed E-state index contributed by atoms with van der Waals surface area (Å²) in [7, 11) is 1.37. The molecular formula is C17H18ClN3O2. The first-order chi connectivity index (χ1) is 11.1. The normalized spacial score (nSPS) is 11.7. The van der Waals surface area contributed by atoms with E-state index >= 15 is 0 Å². The summed E-state index contributed by atoms with van der Waals surface area (Å²) < 4.78 is 4.73. The summed E-state index contributed by atoms with van der Waals surface area (Å²) in [5.74, 6) is 0.294. The van der Waals surface area contributed by atoms with Crippen molar-refractivity contribution in [3.63, 3.8) is 0 Å². The highest BCUT2D eigenvalue weighted by Gasteiger charge is 2.15. The molecule has 2 aromatic rings. The molecule has 0 fully saturated rings. The van der Waals surface area contributed by atoms with Crippen LogP contribution in [0.3, 0.4) is 0 Å². The minimum atomic E-state index is -0.274. The molecule has 0 bridgehead atoms. The molecule has 0 amide bonds. The number of hydrogen-bond acceptors (Lipinski definition) is 5. The Bertz CT molecular complexity index is 755. The molecule has 5 nitrogen and oxygen atoms in total. The quantitative estimate of drug-likeness (QED) is 0.812. The molecule has 2 rings (SSSR count). The predicted molar refractivity (Wildman–Crippen MR) is 90.4 cm³/mol. The van der Waals surface area contributed by atoms with Crippen LogP contribution in [0.5, 0.6) is 0 Å². The lowest BCUT2D eigenvalue weighted by atomic mass is 10.1. The number of benzene rings is 1. The maximum absolute atomic E-state index is 11.5. The molecular weight excluding hydrogens is 314 g/mol. The first-order valence-electron chi connectivity index (χ1n) is 7.41. The van der Waals surface area contributed by atoms with E-state index in [4.69, 9.17) is 16.3 Å². The fraction of sp³-hybridized carbons (Fsp3) is 0.353. The van der Waals surface area contributed by atoms with Gasteiger partial charge >= 0.3 is 5.97 Å². The Hall–Kier alpha value is -2.32. The molecule has 1 heterocycles. The van der Waals surface area contributed by atoms with Gasteiger partial charge in [-0.3, -0.25) is 4.79 Å². The number of pyridine rings is 1. The monoisotopic (exact) mass is 331 g/mol. The Kier molecular flexibility index (Phi) is 5.78. The third-order valence-electron chi connectivity index (χ3n) is 3.52. The van der Waals surface area contributed by atoms with Crippen molar-refractivity contribution in [3.8, 4) is 6.07 Å². The van der Waals surface area contributed by atoms with Gasteiger partial charge in [0.15, 0.2) is 0 Å². The molecule has 0 radical (unpaired) electrons. The van der Waals surface area contributed by atoms with Gasteiger partial charge in [0.1, 0.15) is 5.82 Å². The van der Waals surface area contributed by atoms with E-state index in [1.807, 2.05) is 6.92 Å². The van der Waals surface area contributed by atoms with Gasteiger partial charge in [0.25, 0.3) is 0 Å². The SMILES string of the molecule is CCCC(CC(=O)OC)Nc1cc(C#N)c2cc(Cl)ccc2n1. The predicted octanol–water partition coefficient (Wildman–Crippen LogP) is 3.90. The molecule has 120 valence electrons. The highest BCUT2D eigenvalue weighted by atomic mass is 35.5. The molecule has 1 atom stereocenters. The zero-order valence-electron chi connectivity index (χ0n) is 13.1. The molecule has 23 heavy (non-hydrogen) atoms. The smallest absolute Gasteiger partial charge is 0.307 e. The van der Waals surface area contributed by atoms with E-state index in [2.05, 4.69) is 16.4 Å². The summed E-state index contributed by atoms with van der Waals surface area (Å²) in [4.78, 5) is 16.0. The largest absolute Gasteiger partial charge is 0.469 e. The average Bonchev–Trinajstić information content (AvgIpc) is 2.54. The van der Waals surface area contributed by atoms with E-state index in [1.54, 1.807) is 24.3 Å². The number of ether oxygens (including phenoxy) is 1. The van der Waals surface area contributed by atoms with Crippen LogP contribution in [0.15, 0.2) is 24.3 Å². The molecule has 0 saturated heterocycles. The van der Waals surface area contributed by atoms with Crippen molar-refractivity contribution in [1.82, 2.24) is 4.98 Å². The summed E-state index contributed by atoms with van der Waals surface area (Å²) in [5, 5.41) is 13.9. The van der Waals surface area contributed by atoms with Gasteiger partial charge in [-0.15, -0.1) is 0 Å². The Morgan fingerprint density at radius 2 is 2.26 bits per heavy atom. The van der Waals surface area contributed by atoms with Crippen molar-refractivity contribution in [2.75, 3.05) is 12.4 Å². The van der Waals surface area contributed by atoms with Gasteiger partial charge in [0.2, 0.25) is 0 Å². The molecule has 1 N–H and O–H groups in total. The third-order valence-corrected chi connectivity index (χ3v) is 3.76. The second kappa shape index (κ2) is 7.80. The molecule has 1 aromatic carbocycles. The zero-order valence-corrected chi connectivity index (χ0v) is 13.9. The number of nitrogens with zero attached hydrogens (tertiary/aromatic N) is 2. The Morgan fingerprint density at radius 3 is 2.91 bits per heavy atom. The van der Waals surface area contributed by atoms with Crippen LogP contribution < -0.4 is 5.32 Å². The van der Waals surface area contributed by atoms with Gasteiger partial charge in [-0.2, -0.15) is 5.26 Å². The lowest BCUT2D eigenvalue weighted by Gasteiger charge is -2.18. The fourth-order valence-corrected chi connectivity index (χ4v) is 2.60. The maximum Gasteiger partial charge on any atom is 0.307 e. The van der Waals surface area contributed by atoms with Crippen molar-refractivity contribution < 1.29 is 9.53 Å². The number of fused-ring (bicyclic) bond motifs is 1. The second-order valence-electron chi connectivity index (χ2n) is 5.24. The van der Waals surface area contributed by atoms with Crippen LogP contribution in [0.2, 0.25) is 5.02 Å². The number of anilines is 1. The number of aromatic nitrogens is 1. The molecule has 0 spiro atoms. The minimum Gasteiger partial charge on any atom is -0.469 e. The second-order valence-corrected chi connectivity index (χ2v) is 5.67. The lowest BCUT2D eigenvalue weighted by molar-refractivity contribution is -0.140. The van der Waals surface area contributed by atoms with Gasteiger partial charge in [0.05, 0.1) is 30.7 Å². The van der Waals surface area contributed by atoms with Crippen LogP contribution in [0.1, 0.15) is 31.7 Å². The first-order valence-corrected chi connectivity index (χ1v) is 7.79. The molecule has 0 aliphatic carbocycles. The van der Waals surface area contributed by atoms with E-state index in [0.29, 0.717) is 27.3 Å². The number of hydrogen-bond donors (Lipinski definition) is 1. The van der Waals surface area contributed by atoms with E-state index in [-0.39, 0.29) is 18.4 Å². The van der Waals surface area contributed by atoms with Crippen molar-refractivity contribution >= 4 is 34.3 Å². The number of carbonyl (C=O) groups is 1. The summed E-state index contributed by atoms with van der Waals surface area (Å²) in [6.45, 7) is 2.04. The van der Waals surface area contributed by atoms with Crippen LogP contribution in [0.4, 0.5) is 5.82 Å². The van der Waals surface area contributed by atoms with Gasteiger partial charge in [-0.25, -0.2) is 4.98 Å². The van der Waals surface area contributed by atoms with Gasteiger partial charge in [-0.05, 0) is 30.7 Å². The molecule has 0 aliphatic heterocycles. The molecule has 0 aliphatic rings. The van der Waals surface area contributed by atoms with E-state index in [1.165, 1.54) is 7.11 Å². The van der Waals surface area contributed by atoms with E-state index in [0.717, 1.165) is 12.8 Å². The van der Waals surface area contributed by atoms with Crippen molar-refractivity contribution in [2.24, 2.45) is 0 Å². The van der Waals surface area contributed by atoms with E-state index < -0.39 is 0 Å². The van der Waals surface area contributed by atoms with Crippen LogP contribution in [0, 0.1) is 11.3 Å². The van der Waals surface area contributed by atoms with Crippen LogP contribution in [-0.2, 0) is 9.53 Å². The molecule has 1 unspecified atom stereocenters. The fourth-order valence-electron chi connectivity index (χ4n) is 2.43. The van der Waals surface area contributed by atoms with Crippen molar-refractivity contribution in [2.45, 2.75) is 32.2 Å². The first kappa shape index (κ1) is 17.0. The highest BCUT2D eigenvalue weighted by molar-refractivity contribution is 6.31. The van der Waals surface area contributed by atoms with Crippen molar-refractivity contribution in [1.29, 1.82) is 5.26 Å². The van der Waals surface area contributed by atoms with Gasteiger partial charge in [-0.1, -0.05) is 24.9 Å². The Morgan fingerprint density at radius 1 is 1.48 bits per heavy atom. The number of esters is 1. The Balaban J connectivity index is 2.33.